The molecule has 0 fully saturated rings. The summed E-state index contributed by atoms with van der Waals surface area (Å²) in [5, 5.41) is 9.55. The summed E-state index contributed by atoms with van der Waals surface area (Å²) in [4.78, 5) is 2.39. The molecule has 0 saturated heterocycles. The third kappa shape index (κ3) is 5.60. The first-order chi connectivity index (χ1) is 31.2. The van der Waals surface area contributed by atoms with Gasteiger partial charge in [0.15, 0.2) is 11.5 Å². The maximum Gasteiger partial charge on any atom is 0.159 e. The Labute approximate surface area is 364 Å². The summed E-state index contributed by atoms with van der Waals surface area (Å²) in [5.41, 5.74) is 13.6. The second-order valence-electron chi connectivity index (χ2n) is 16.5. The summed E-state index contributed by atoms with van der Waals surface area (Å²) in [5.74, 6) is 1.67. The van der Waals surface area contributed by atoms with Gasteiger partial charge in [-0.15, -0.1) is 0 Å². The zero-order valence-corrected chi connectivity index (χ0v) is 34.2. The van der Waals surface area contributed by atoms with Gasteiger partial charge in [0.1, 0.15) is 0 Å². The Bertz CT molecular complexity index is 3780. The molecule has 13 rings (SSSR count). The van der Waals surface area contributed by atoms with Gasteiger partial charge < -0.3 is 14.2 Å². The highest BCUT2D eigenvalue weighted by atomic mass is 16.5. The van der Waals surface area contributed by atoms with E-state index in [9.17, 15) is 0 Å². The Kier molecular flexibility index (Phi) is 7.91. The summed E-state index contributed by atoms with van der Waals surface area (Å²) < 4.78 is 9.50. The summed E-state index contributed by atoms with van der Waals surface area (Å²) in [6, 6.07) is 83.4. The van der Waals surface area contributed by atoms with Crippen molar-refractivity contribution in [1.82, 2.24) is 4.57 Å². The minimum absolute atomic E-state index is 0.816. The van der Waals surface area contributed by atoms with Gasteiger partial charge in [-0.3, -0.25) is 0 Å². The molecule has 294 valence electrons. The number of fused-ring (bicyclic) bond motifs is 9. The monoisotopic (exact) mass is 802 g/mol. The van der Waals surface area contributed by atoms with Crippen molar-refractivity contribution >= 4 is 71.2 Å². The maximum absolute atomic E-state index is 7.08. The highest BCUT2D eigenvalue weighted by Crippen LogP contribution is 2.55. The molecule has 3 heteroatoms. The largest absolute Gasteiger partial charge is 0.452 e. The molecule has 63 heavy (non-hydrogen) atoms. The molecule has 2 heterocycles. The molecule has 11 aromatic carbocycles. The van der Waals surface area contributed by atoms with E-state index in [2.05, 4.69) is 240 Å². The van der Waals surface area contributed by atoms with E-state index in [1.165, 1.54) is 60.1 Å². The summed E-state index contributed by atoms with van der Waals surface area (Å²) in [6.45, 7) is 0. The van der Waals surface area contributed by atoms with Crippen LogP contribution in [0.5, 0.6) is 11.5 Å². The lowest BCUT2D eigenvalue weighted by Gasteiger charge is -2.34. The third-order valence-electron chi connectivity index (χ3n) is 13.0. The summed E-state index contributed by atoms with van der Waals surface area (Å²) in [6.07, 6.45) is 0. The van der Waals surface area contributed by atoms with Gasteiger partial charge in [-0.05, 0) is 103 Å². The topological polar surface area (TPSA) is 17.4 Å². The Hall–Kier alpha value is -8.40. The molecule has 0 spiro atoms. The molecule has 0 aliphatic carbocycles. The lowest BCUT2D eigenvalue weighted by atomic mass is 9.95. The average Bonchev–Trinajstić information content (AvgIpc) is 3.69. The number of nitrogens with zero attached hydrogens (tertiary/aromatic N) is 2. The number of para-hydroxylation sites is 1. The molecule has 0 saturated carbocycles. The molecule has 0 unspecified atom stereocenters. The van der Waals surface area contributed by atoms with Crippen molar-refractivity contribution in [3.05, 3.63) is 231 Å². The summed E-state index contributed by atoms with van der Waals surface area (Å²) in [7, 11) is 0. The molecule has 0 radical (unpaired) electrons. The second-order valence-corrected chi connectivity index (χ2v) is 16.5. The number of aromatic nitrogens is 1. The Morgan fingerprint density at radius 2 is 0.905 bits per heavy atom. The second kappa shape index (κ2) is 14.1. The van der Waals surface area contributed by atoms with Crippen LogP contribution >= 0.6 is 0 Å². The molecule has 1 aliphatic heterocycles. The molecule has 0 bridgehead atoms. The molecular weight excluding hydrogens is 765 g/mol. The first-order valence-corrected chi connectivity index (χ1v) is 21.6. The maximum atomic E-state index is 7.08. The van der Waals surface area contributed by atoms with Gasteiger partial charge >= 0.3 is 0 Å². The van der Waals surface area contributed by atoms with Crippen LogP contribution in [0.1, 0.15) is 0 Å². The number of anilines is 3. The van der Waals surface area contributed by atoms with E-state index in [0.29, 0.717) is 0 Å². The Morgan fingerprint density at radius 3 is 1.78 bits per heavy atom. The normalized spacial score (nSPS) is 12.2. The number of hydrogen-bond donors (Lipinski definition) is 0. The van der Waals surface area contributed by atoms with Crippen molar-refractivity contribution < 1.29 is 4.74 Å². The van der Waals surface area contributed by atoms with Gasteiger partial charge in [-0.2, -0.15) is 0 Å². The van der Waals surface area contributed by atoms with Gasteiger partial charge in [0, 0.05) is 27.2 Å². The van der Waals surface area contributed by atoms with E-state index in [1.807, 2.05) is 0 Å². The zero-order chi connectivity index (χ0) is 41.4. The average molecular weight is 803 g/mol. The predicted molar refractivity (Wildman–Crippen MR) is 264 cm³/mol. The van der Waals surface area contributed by atoms with Crippen LogP contribution in [0, 0.1) is 0 Å². The van der Waals surface area contributed by atoms with Crippen molar-refractivity contribution in [3.63, 3.8) is 0 Å². The first-order valence-electron chi connectivity index (χ1n) is 21.6. The third-order valence-corrected chi connectivity index (χ3v) is 13.0. The van der Waals surface area contributed by atoms with Crippen LogP contribution in [0.3, 0.4) is 0 Å². The fraction of sp³-hybridized carbons (Fsp3) is 0. The number of benzene rings is 11. The molecule has 1 aliphatic rings. The van der Waals surface area contributed by atoms with Crippen molar-refractivity contribution in [2.45, 2.75) is 0 Å². The van der Waals surface area contributed by atoms with Crippen LogP contribution in [-0.2, 0) is 0 Å². The number of hydrogen-bond acceptors (Lipinski definition) is 2. The molecule has 3 nitrogen and oxygen atoms in total. The quantitative estimate of drug-likeness (QED) is 0.172. The van der Waals surface area contributed by atoms with Crippen LogP contribution in [0.4, 0.5) is 17.1 Å². The van der Waals surface area contributed by atoms with E-state index >= 15 is 0 Å². The van der Waals surface area contributed by atoms with E-state index in [0.717, 1.165) is 61.7 Å². The predicted octanol–water partition coefficient (Wildman–Crippen LogP) is 16.8. The van der Waals surface area contributed by atoms with E-state index in [1.54, 1.807) is 0 Å². The molecular formula is C60H38N2O. The highest BCUT2D eigenvalue weighted by Gasteiger charge is 2.29. The van der Waals surface area contributed by atoms with Gasteiger partial charge in [0.2, 0.25) is 0 Å². The van der Waals surface area contributed by atoms with Crippen LogP contribution in [0.15, 0.2) is 231 Å². The van der Waals surface area contributed by atoms with Crippen LogP contribution in [0.2, 0.25) is 0 Å². The van der Waals surface area contributed by atoms with E-state index < -0.39 is 0 Å². The van der Waals surface area contributed by atoms with Crippen LogP contribution in [0.25, 0.3) is 93.2 Å². The van der Waals surface area contributed by atoms with Gasteiger partial charge in [0.25, 0.3) is 0 Å². The number of rotatable bonds is 5. The lowest BCUT2D eigenvalue weighted by molar-refractivity contribution is 0.483. The van der Waals surface area contributed by atoms with Crippen molar-refractivity contribution in [2.75, 3.05) is 4.90 Å². The van der Waals surface area contributed by atoms with Crippen LogP contribution < -0.4 is 9.64 Å². The zero-order valence-electron chi connectivity index (χ0n) is 34.2. The fourth-order valence-electron chi connectivity index (χ4n) is 10.0. The minimum Gasteiger partial charge on any atom is -0.452 e. The minimum atomic E-state index is 0.816. The van der Waals surface area contributed by atoms with E-state index in [4.69, 9.17) is 4.74 Å². The van der Waals surface area contributed by atoms with Crippen molar-refractivity contribution in [3.8, 4) is 50.6 Å². The lowest BCUT2D eigenvalue weighted by Crippen LogP contribution is -2.16. The number of ether oxygens (including phenoxy) is 1. The van der Waals surface area contributed by atoms with Crippen molar-refractivity contribution in [2.24, 2.45) is 0 Å². The van der Waals surface area contributed by atoms with E-state index in [-0.39, 0.29) is 0 Å². The van der Waals surface area contributed by atoms with Gasteiger partial charge in [-0.1, -0.05) is 182 Å². The Balaban J connectivity index is 0.981. The molecule has 0 amide bonds. The standard InChI is InChI=1S/C60H38N2O/c1-2-14-39(15-3-1)48-32-35-55(51-24-9-8-23-50(48)51)62-56-33-30-43(38-59(56)63-60-49-22-7-5-17-41(49)29-34-57(60)62)42-28-31-53-52-25-10-11-27-54(52)61(58(53)37-42)45-20-12-19-44(36-45)47-26-13-18-40-16-4-6-21-46(40)47/h1-38H. The summed E-state index contributed by atoms with van der Waals surface area (Å²) >= 11 is 0. The fourth-order valence-corrected chi connectivity index (χ4v) is 10.0. The first kappa shape index (κ1) is 35.4. The smallest absolute Gasteiger partial charge is 0.159 e. The molecule has 0 N–H and O–H groups in total. The molecule has 12 aromatic rings. The highest BCUT2D eigenvalue weighted by molar-refractivity contribution is 6.11. The van der Waals surface area contributed by atoms with Gasteiger partial charge in [0.05, 0.1) is 28.1 Å². The van der Waals surface area contributed by atoms with Crippen LogP contribution in [-0.4, -0.2) is 4.57 Å². The van der Waals surface area contributed by atoms with Crippen molar-refractivity contribution in [1.29, 1.82) is 0 Å². The Morgan fingerprint density at radius 1 is 0.302 bits per heavy atom. The SMILES string of the molecule is c1ccc(-c2ccc(N3c4ccc(-c5ccc6c7ccccc7n(-c7cccc(-c8cccc9ccccc89)c7)c6c5)cc4Oc4c3ccc3ccccc43)c3ccccc23)cc1. The molecule has 0 atom stereocenters. The van der Waals surface area contributed by atoms with Gasteiger partial charge in [-0.25, -0.2) is 0 Å². The molecule has 1 aromatic heterocycles.